The minimum absolute atomic E-state index is 0.369. The summed E-state index contributed by atoms with van der Waals surface area (Å²) < 4.78 is 5.67. The summed E-state index contributed by atoms with van der Waals surface area (Å²) in [6.45, 7) is 8.63. The van der Waals surface area contributed by atoms with Gasteiger partial charge in [0.2, 0.25) is 11.8 Å². The molecule has 1 aromatic heterocycles. The van der Waals surface area contributed by atoms with Gasteiger partial charge in [-0.3, -0.25) is 0 Å². The zero-order valence-electron chi connectivity index (χ0n) is 10.4. The molecule has 0 radical (unpaired) electrons. The van der Waals surface area contributed by atoms with Gasteiger partial charge in [-0.2, -0.15) is 0 Å². The van der Waals surface area contributed by atoms with E-state index in [2.05, 4.69) is 36.3 Å². The van der Waals surface area contributed by atoms with E-state index in [9.17, 15) is 0 Å². The fraction of sp³-hybridized carbons (Fsp3) is 0.833. The number of rotatable bonds is 6. The molecule has 1 aliphatic carbocycles. The van der Waals surface area contributed by atoms with Crippen molar-refractivity contribution in [2.45, 2.75) is 46.0 Å². The van der Waals surface area contributed by atoms with Crippen LogP contribution in [0.2, 0.25) is 0 Å². The molecule has 1 atom stereocenters. The molecule has 1 aliphatic rings. The number of hydrogen-bond acceptors (Lipinski definition) is 4. The van der Waals surface area contributed by atoms with Crippen molar-refractivity contribution < 1.29 is 4.42 Å². The predicted molar refractivity (Wildman–Crippen MR) is 62.3 cm³/mol. The van der Waals surface area contributed by atoms with Gasteiger partial charge in [-0.25, -0.2) is 0 Å². The summed E-state index contributed by atoms with van der Waals surface area (Å²) in [5, 5.41) is 11.5. The molecule has 90 valence electrons. The number of hydrogen-bond donors (Lipinski definition) is 1. The summed E-state index contributed by atoms with van der Waals surface area (Å²) in [6, 6.07) is 0. The van der Waals surface area contributed by atoms with Crippen LogP contribution in [0.4, 0.5) is 0 Å². The Kier molecular flexibility index (Phi) is 3.28. The summed E-state index contributed by atoms with van der Waals surface area (Å²) in [5.41, 5.74) is 0.369. The Bertz CT molecular complexity index is 346. The van der Waals surface area contributed by atoms with Crippen molar-refractivity contribution in [1.82, 2.24) is 15.5 Å². The van der Waals surface area contributed by atoms with Crippen LogP contribution in [0.25, 0.3) is 0 Å². The summed E-state index contributed by atoms with van der Waals surface area (Å²) in [6.07, 6.45) is 3.11. The Hall–Kier alpha value is -0.900. The molecule has 1 aromatic rings. The van der Waals surface area contributed by atoms with E-state index in [1.54, 1.807) is 0 Å². The third-order valence-electron chi connectivity index (χ3n) is 3.29. The van der Waals surface area contributed by atoms with Crippen LogP contribution in [0.5, 0.6) is 0 Å². The molecule has 1 unspecified atom stereocenters. The normalized spacial score (nSPS) is 22.3. The maximum Gasteiger partial charge on any atom is 0.220 e. The average molecular weight is 223 g/mol. The molecular weight excluding hydrogens is 202 g/mol. The molecule has 0 spiro atoms. The largest absolute Gasteiger partial charge is 0.425 e. The molecule has 1 heterocycles. The number of nitrogens with zero attached hydrogens (tertiary/aromatic N) is 2. The first-order valence-corrected chi connectivity index (χ1v) is 6.16. The Labute approximate surface area is 96.8 Å². The molecule has 4 nitrogen and oxygen atoms in total. The van der Waals surface area contributed by atoms with Crippen molar-refractivity contribution in [2.75, 3.05) is 13.1 Å². The highest BCUT2D eigenvalue weighted by molar-refractivity contribution is 5.12. The molecule has 0 aliphatic heterocycles. The van der Waals surface area contributed by atoms with Gasteiger partial charge in [0.1, 0.15) is 0 Å². The van der Waals surface area contributed by atoms with Gasteiger partial charge in [-0.05, 0) is 31.3 Å². The molecule has 1 N–H and O–H groups in total. The number of aryl methyl sites for hydroxylation is 1. The highest BCUT2D eigenvalue weighted by atomic mass is 16.4. The first-order valence-electron chi connectivity index (χ1n) is 6.16. The van der Waals surface area contributed by atoms with E-state index in [1.165, 1.54) is 6.42 Å². The monoisotopic (exact) mass is 223 g/mol. The molecule has 0 amide bonds. The van der Waals surface area contributed by atoms with Crippen molar-refractivity contribution in [1.29, 1.82) is 0 Å². The first kappa shape index (κ1) is 11.6. The second-order valence-corrected chi connectivity index (χ2v) is 5.24. The Morgan fingerprint density at radius 2 is 2.19 bits per heavy atom. The van der Waals surface area contributed by atoms with Crippen LogP contribution in [0.1, 0.15) is 51.3 Å². The smallest absolute Gasteiger partial charge is 0.220 e. The topological polar surface area (TPSA) is 51.0 Å². The number of nitrogens with one attached hydrogen (secondary N) is 1. The summed E-state index contributed by atoms with van der Waals surface area (Å²) >= 11 is 0. The van der Waals surface area contributed by atoms with Crippen LogP contribution in [0.3, 0.4) is 0 Å². The van der Waals surface area contributed by atoms with E-state index >= 15 is 0 Å². The van der Waals surface area contributed by atoms with E-state index in [1.807, 2.05) is 0 Å². The van der Waals surface area contributed by atoms with Gasteiger partial charge < -0.3 is 9.73 Å². The van der Waals surface area contributed by atoms with Crippen molar-refractivity contribution in [3.8, 4) is 0 Å². The lowest BCUT2D eigenvalue weighted by Crippen LogP contribution is -2.14. The van der Waals surface area contributed by atoms with E-state index in [4.69, 9.17) is 4.42 Å². The SMILES string of the molecule is CCNCCCc1nnc(C2CC2(C)C)o1. The van der Waals surface area contributed by atoms with Crippen LogP contribution >= 0.6 is 0 Å². The zero-order valence-corrected chi connectivity index (χ0v) is 10.4. The molecule has 4 heteroatoms. The van der Waals surface area contributed by atoms with E-state index in [-0.39, 0.29) is 0 Å². The quantitative estimate of drug-likeness (QED) is 0.751. The summed E-state index contributed by atoms with van der Waals surface area (Å²) in [7, 11) is 0. The van der Waals surface area contributed by atoms with Crippen LogP contribution in [-0.2, 0) is 6.42 Å². The Morgan fingerprint density at radius 1 is 1.44 bits per heavy atom. The van der Waals surface area contributed by atoms with E-state index < -0.39 is 0 Å². The Balaban J connectivity index is 1.79. The van der Waals surface area contributed by atoms with Crippen molar-refractivity contribution in [3.05, 3.63) is 11.8 Å². The van der Waals surface area contributed by atoms with Crippen LogP contribution in [-0.4, -0.2) is 23.3 Å². The zero-order chi connectivity index (χ0) is 11.6. The second-order valence-electron chi connectivity index (χ2n) is 5.24. The third kappa shape index (κ3) is 2.61. The van der Waals surface area contributed by atoms with Gasteiger partial charge in [-0.15, -0.1) is 10.2 Å². The molecule has 0 bridgehead atoms. The average Bonchev–Trinajstić information content (AvgIpc) is 2.70. The lowest BCUT2D eigenvalue weighted by Gasteiger charge is -1.98. The van der Waals surface area contributed by atoms with Gasteiger partial charge in [0.25, 0.3) is 0 Å². The first-order chi connectivity index (χ1) is 7.63. The molecule has 0 saturated heterocycles. The summed E-state index contributed by atoms with van der Waals surface area (Å²) in [5.74, 6) is 2.11. The molecule has 1 saturated carbocycles. The van der Waals surface area contributed by atoms with Gasteiger partial charge in [-0.1, -0.05) is 20.8 Å². The third-order valence-corrected chi connectivity index (χ3v) is 3.29. The maximum absolute atomic E-state index is 5.67. The maximum atomic E-state index is 5.67. The second kappa shape index (κ2) is 4.53. The van der Waals surface area contributed by atoms with Gasteiger partial charge in [0, 0.05) is 12.3 Å². The molecule has 1 fully saturated rings. The van der Waals surface area contributed by atoms with Gasteiger partial charge in [0.05, 0.1) is 0 Å². The summed E-state index contributed by atoms with van der Waals surface area (Å²) in [4.78, 5) is 0. The standard InChI is InChI=1S/C12H21N3O/c1-4-13-7-5-6-10-14-15-11(16-10)9-8-12(9,2)3/h9,13H,4-8H2,1-3H3. The van der Waals surface area contributed by atoms with Gasteiger partial charge in [0.15, 0.2) is 0 Å². The predicted octanol–water partition coefficient (Wildman–Crippen LogP) is 2.13. The van der Waals surface area contributed by atoms with Crippen LogP contribution in [0, 0.1) is 5.41 Å². The van der Waals surface area contributed by atoms with Crippen LogP contribution in [0.15, 0.2) is 4.42 Å². The minimum Gasteiger partial charge on any atom is -0.425 e. The van der Waals surface area contributed by atoms with Crippen molar-refractivity contribution in [3.63, 3.8) is 0 Å². The molecular formula is C12H21N3O. The van der Waals surface area contributed by atoms with Crippen LogP contribution < -0.4 is 5.32 Å². The highest BCUT2D eigenvalue weighted by Crippen LogP contribution is 2.58. The minimum atomic E-state index is 0.369. The Morgan fingerprint density at radius 3 is 2.81 bits per heavy atom. The lowest BCUT2D eigenvalue weighted by atomic mass is 10.1. The molecule has 0 aromatic carbocycles. The van der Waals surface area contributed by atoms with Crippen molar-refractivity contribution >= 4 is 0 Å². The molecule has 16 heavy (non-hydrogen) atoms. The fourth-order valence-electron chi connectivity index (χ4n) is 1.94. The van der Waals surface area contributed by atoms with E-state index in [0.29, 0.717) is 11.3 Å². The fourth-order valence-corrected chi connectivity index (χ4v) is 1.94. The van der Waals surface area contributed by atoms with E-state index in [0.717, 1.165) is 37.7 Å². The molecule has 2 rings (SSSR count). The lowest BCUT2D eigenvalue weighted by molar-refractivity contribution is 0.427. The van der Waals surface area contributed by atoms with Crippen molar-refractivity contribution in [2.24, 2.45) is 5.41 Å². The number of aromatic nitrogens is 2. The van der Waals surface area contributed by atoms with Gasteiger partial charge >= 0.3 is 0 Å². The highest BCUT2D eigenvalue weighted by Gasteiger charge is 2.50.